The highest BCUT2D eigenvalue weighted by atomic mass is 35.5. The summed E-state index contributed by atoms with van der Waals surface area (Å²) < 4.78 is 11.0. The van der Waals surface area contributed by atoms with Gasteiger partial charge in [-0.25, -0.2) is 4.79 Å². The summed E-state index contributed by atoms with van der Waals surface area (Å²) in [5, 5.41) is 0.899. The summed E-state index contributed by atoms with van der Waals surface area (Å²) >= 11 is 11.9. The number of ether oxygens (including phenoxy) is 2. The molecule has 3 atom stereocenters. The third-order valence-corrected chi connectivity index (χ3v) is 6.28. The lowest BCUT2D eigenvalue weighted by atomic mass is 9.48. The summed E-state index contributed by atoms with van der Waals surface area (Å²) in [4.78, 5) is 12.2. The number of rotatable bonds is 6. The van der Waals surface area contributed by atoms with E-state index in [0.717, 1.165) is 18.8 Å². The monoisotopic (exact) mass is 382 g/mol. The Morgan fingerprint density at radius 3 is 2.76 bits per heavy atom. The zero-order valence-corrected chi connectivity index (χ0v) is 16.4. The average molecular weight is 383 g/mol. The van der Waals surface area contributed by atoms with Gasteiger partial charge in [0, 0.05) is 11.4 Å². The number of allylic oxidation sites excluding steroid dienone is 1. The molecule has 0 amide bonds. The van der Waals surface area contributed by atoms with Crippen molar-refractivity contribution in [1.29, 1.82) is 0 Å². The van der Waals surface area contributed by atoms with Crippen molar-refractivity contribution < 1.29 is 14.3 Å². The lowest BCUT2D eigenvalue weighted by Crippen LogP contribution is -2.48. The van der Waals surface area contributed by atoms with E-state index in [1.165, 1.54) is 12.0 Å². The summed E-state index contributed by atoms with van der Waals surface area (Å²) in [6.07, 6.45) is 4.86. The molecule has 1 fully saturated rings. The molecule has 0 aliphatic heterocycles. The van der Waals surface area contributed by atoms with Crippen LogP contribution in [0.4, 0.5) is 0 Å². The van der Waals surface area contributed by atoms with Gasteiger partial charge in [-0.05, 0) is 55.2 Å². The van der Waals surface area contributed by atoms with Crippen molar-refractivity contribution in [2.75, 3.05) is 6.61 Å². The van der Waals surface area contributed by atoms with Crippen molar-refractivity contribution in [1.82, 2.24) is 0 Å². The van der Waals surface area contributed by atoms with Crippen LogP contribution in [0.5, 0.6) is 5.75 Å². The molecule has 136 valence electrons. The largest absolute Gasteiger partial charge is 0.477 e. The minimum Gasteiger partial charge on any atom is -0.477 e. The van der Waals surface area contributed by atoms with E-state index in [1.807, 2.05) is 0 Å². The van der Waals surface area contributed by atoms with Gasteiger partial charge in [-0.1, -0.05) is 48.7 Å². The normalized spacial score (nSPS) is 24.8. The summed E-state index contributed by atoms with van der Waals surface area (Å²) in [6, 6.07) is 4.90. The Balaban J connectivity index is 1.47. The van der Waals surface area contributed by atoms with Crippen molar-refractivity contribution in [3.63, 3.8) is 0 Å². The lowest BCUT2D eigenvalue weighted by molar-refractivity contribution is -0.151. The Morgan fingerprint density at radius 1 is 1.36 bits per heavy atom. The van der Waals surface area contributed by atoms with Crippen LogP contribution in [-0.2, 0) is 9.53 Å². The molecule has 0 heterocycles. The van der Waals surface area contributed by atoms with E-state index in [4.69, 9.17) is 32.7 Å². The number of carbonyl (C=O) groups is 1. The average Bonchev–Trinajstić information content (AvgIpc) is 2.57. The van der Waals surface area contributed by atoms with Crippen LogP contribution in [0.25, 0.3) is 0 Å². The molecule has 0 spiro atoms. The molecule has 0 saturated heterocycles. The Kier molecular flexibility index (Phi) is 5.36. The van der Waals surface area contributed by atoms with Crippen LogP contribution in [-0.4, -0.2) is 18.7 Å². The Bertz CT molecular complexity index is 696. The van der Waals surface area contributed by atoms with Crippen molar-refractivity contribution in [2.24, 2.45) is 17.3 Å². The molecule has 5 heteroatoms. The molecule has 1 saturated carbocycles. The number of hydrogen-bond donors (Lipinski definition) is 0. The lowest BCUT2D eigenvalue weighted by Gasteiger charge is -2.56. The molecular weight excluding hydrogens is 359 g/mol. The number of hydrogen-bond acceptors (Lipinski definition) is 3. The van der Waals surface area contributed by atoms with Gasteiger partial charge in [-0.2, -0.15) is 0 Å². The fourth-order valence-corrected chi connectivity index (χ4v) is 4.41. The molecule has 4 rings (SSSR count). The van der Waals surface area contributed by atoms with Gasteiger partial charge in [0.05, 0.1) is 11.6 Å². The van der Waals surface area contributed by atoms with E-state index in [-0.39, 0.29) is 5.97 Å². The zero-order valence-electron chi connectivity index (χ0n) is 14.9. The van der Waals surface area contributed by atoms with Gasteiger partial charge in [0.2, 0.25) is 0 Å². The van der Waals surface area contributed by atoms with Crippen LogP contribution in [0.3, 0.4) is 0 Å². The topological polar surface area (TPSA) is 35.5 Å². The van der Waals surface area contributed by atoms with Crippen LogP contribution in [0, 0.1) is 17.3 Å². The second kappa shape index (κ2) is 7.20. The molecule has 1 aromatic carbocycles. The van der Waals surface area contributed by atoms with Gasteiger partial charge in [0.25, 0.3) is 0 Å². The molecule has 2 bridgehead atoms. The SMILES string of the molecule is C[C@H](Oc1ccc(Cl)cc1Cl)C(=O)OCCC1=CC[C@H]2C[C@@H]1C2(C)C. The highest BCUT2D eigenvalue weighted by molar-refractivity contribution is 6.35. The van der Waals surface area contributed by atoms with Gasteiger partial charge in [-0.15, -0.1) is 0 Å². The number of carbonyl (C=O) groups excluding carboxylic acids is 1. The highest BCUT2D eigenvalue weighted by Gasteiger charge is 2.50. The third kappa shape index (κ3) is 3.83. The van der Waals surface area contributed by atoms with Gasteiger partial charge in [-0.3, -0.25) is 0 Å². The number of benzene rings is 1. The van der Waals surface area contributed by atoms with Crippen LogP contribution in [0.15, 0.2) is 29.8 Å². The molecule has 0 N–H and O–H groups in total. The minimum atomic E-state index is -0.719. The van der Waals surface area contributed by atoms with Gasteiger partial charge < -0.3 is 9.47 Å². The van der Waals surface area contributed by atoms with Crippen molar-refractivity contribution in [3.05, 3.63) is 39.9 Å². The van der Waals surface area contributed by atoms with Crippen LogP contribution in [0.2, 0.25) is 10.0 Å². The number of esters is 1. The molecule has 25 heavy (non-hydrogen) atoms. The van der Waals surface area contributed by atoms with Gasteiger partial charge in [0.1, 0.15) is 5.75 Å². The van der Waals surface area contributed by atoms with E-state index in [1.54, 1.807) is 25.1 Å². The smallest absolute Gasteiger partial charge is 0.347 e. The second-order valence-corrected chi connectivity index (χ2v) is 8.42. The molecule has 0 radical (unpaired) electrons. The van der Waals surface area contributed by atoms with Gasteiger partial charge in [0.15, 0.2) is 6.10 Å². The maximum Gasteiger partial charge on any atom is 0.347 e. The summed E-state index contributed by atoms with van der Waals surface area (Å²) in [6.45, 7) is 6.74. The Labute approximate surface area is 159 Å². The zero-order chi connectivity index (χ0) is 18.2. The molecule has 3 nitrogen and oxygen atoms in total. The first-order valence-corrected chi connectivity index (χ1v) is 9.52. The Morgan fingerprint density at radius 2 is 2.12 bits per heavy atom. The van der Waals surface area contributed by atoms with Crippen molar-refractivity contribution in [2.45, 2.75) is 46.1 Å². The molecule has 0 aromatic heterocycles. The van der Waals surface area contributed by atoms with E-state index >= 15 is 0 Å². The van der Waals surface area contributed by atoms with E-state index in [0.29, 0.717) is 33.7 Å². The van der Waals surface area contributed by atoms with E-state index in [2.05, 4.69) is 19.9 Å². The van der Waals surface area contributed by atoms with E-state index < -0.39 is 6.10 Å². The first kappa shape index (κ1) is 18.6. The molecule has 3 aliphatic rings. The predicted octanol–water partition coefficient (Wildman–Crippen LogP) is 5.69. The molecule has 3 aliphatic carbocycles. The quantitative estimate of drug-likeness (QED) is 0.468. The Hall–Kier alpha value is -1.19. The summed E-state index contributed by atoms with van der Waals surface area (Å²) in [7, 11) is 0. The number of halogens is 2. The standard InChI is InChI=1S/C20H24Cl2O3/c1-12(25-18-7-6-15(21)11-17(18)22)19(23)24-9-8-13-4-5-14-10-16(13)20(14,2)3/h4,6-7,11-12,14,16H,5,8-10H2,1-3H3/t12-,14-,16-/m0/s1. The van der Waals surface area contributed by atoms with Crippen LogP contribution in [0.1, 0.15) is 40.0 Å². The second-order valence-electron chi connectivity index (χ2n) is 7.57. The highest BCUT2D eigenvalue weighted by Crippen LogP contribution is 2.59. The van der Waals surface area contributed by atoms with Crippen LogP contribution < -0.4 is 4.74 Å². The van der Waals surface area contributed by atoms with E-state index in [9.17, 15) is 4.79 Å². The molecule has 0 unspecified atom stereocenters. The fraction of sp³-hybridized carbons (Fsp3) is 0.550. The van der Waals surface area contributed by atoms with Crippen molar-refractivity contribution in [3.8, 4) is 5.75 Å². The van der Waals surface area contributed by atoms with Gasteiger partial charge >= 0.3 is 5.97 Å². The fourth-order valence-electron chi connectivity index (χ4n) is 3.95. The third-order valence-electron chi connectivity index (χ3n) is 5.75. The molecule has 1 aromatic rings. The predicted molar refractivity (Wildman–Crippen MR) is 100 cm³/mol. The summed E-state index contributed by atoms with van der Waals surface area (Å²) in [5.74, 6) is 1.51. The van der Waals surface area contributed by atoms with Crippen LogP contribution >= 0.6 is 23.2 Å². The maximum atomic E-state index is 12.2. The van der Waals surface area contributed by atoms with Crippen molar-refractivity contribution >= 4 is 29.2 Å². The maximum absolute atomic E-state index is 12.2. The molecular formula is C20H24Cl2O3. The first-order chi connectivity index (χ1) is 11.8. The first-order valence-electron chi connectivity index (χ1n) is 8.76. The minimum absolute atomic E-state index is 0.376. The number of fused-ring (bicyclic) bond motifs is 1. The summed E-state index contributed by atoms with van der Waals surface area (Å²) in [5.41, 5.74) is 1.84.